The van der Waals surface area contributed by atoms with E-state index in [1.165, 1.54) is 18.3 Å². The summed E-state index contributed by atoms with van der Waals surface area (Å²) in [6.45, 7) is 5.11. The van der Waals surface area contributed by atoms with Crippen LogP contribution < -0.4 is 5.32 Å². The number of aromatic nitrogens is 2. The van der Waals surface area contributed by atoms with Crippen molar-refractivity contribution in [2.24, 2.45) is 0 Å². The zero-order valence-corrected chi connectivity index (χ0v) is 12.6. The first-order chi connectivity index (χ1) is 8.40. The third kappa shape index (κ3) is 2.62. The van der Waals surface area contributed by atoms with Crippen LogP contribution >= 0.6 is 27.3 Å². The number of nitrogens with zero attached hydrogens (tertiary/aromatic N) is 2. The molecule has 0 bridgehead atoms. The van der Waals surface area contributed by atoms with Crippen molar-refractivity contribution in [1.29, 1.82) is 0 Å². The lowest BCUT2D eigenvalue weighted by molar-refractivity contribution is -0.120. The number of carbonyl (C=O) groups is 1. The number of carbonyl (C=O) groups excluding carboxylic acids is 1. The van der Waals surface area contributed by atoms with E-state index in [2.05, 4.69) is 31.4 Å². The minimum Gasteiger partial charge on any atom is -0.344 e. The van der Waals surface area contributed by atoms with Crippen molar-refractivity contribution in [2.45, 2.75) is 26.3 Å². The van der Waals surface area contributed by atoms with Crippen molar-refractivity contribution in [3.8, 4) is 10.8 Å². The largest absolute Gasteiger partial charge is 0.344 e. The fraction of sp³-hybridized carbons (Fsp3) is 0.364. The first-order valence-corrected chi connectivity index (χ1v) is 6.94. The molecule has 2 rings (SSSR count). The summed E-state index contributed by atoms with van der Waals surface area (Å²) in [5, 5.41) is 8.63. The number of hydrogen-bond acceptors (Lipinski definition) is 5. The Morgan fingerprint density at radius 3 is 2.83 bits per heavy atom. The predicted octanol–water partition coefficient (Wildman–Crippen LogP) is 2.93. The van der Waals surface area contributed by atoms with Gasteiger partial charge in [0.05, 0.1) is 5.54 Å². The Labute approximate surface area is 117 Å². The molecule has 5 nitrogen and oxygen atoms in total. The van der Waals surface area contributed by atoms with E-state index < -0.39 is 5.54 Å². The quantitative estimate of drug-likeness (QED) is 0.939. The van der Waals surface area contributed by atoms with E-state index in [1.807, 2.05) is 25.3 Å². The molecule has 2 heterocycles. The van der Waals surface area contributed by atoms with Gasteiger partial charge < -0.3 is 9.84 Å². The number of nitrogens with one attached hydrogen (secondary N) is 1. The second-order valence-electron chi connectivity index (χ2n) is 4.33. The van der Waals surface area contributed by atoms with Gasteiger partial charge in [0.1, 0.15) is 4.88 Å². The number of rotatable bonds is 3. The lowest BCUT2D eigenvalue weighted by Gasteiger charge is -2.20. The van der Waals surface area contributed by atoms with Gasteiger partial charge in [0.2, 0.25) is 5.91 Å². The second kappa shape index (κ2) is 4.81. The number of thiophene rings is 1. The van der Waals surface area contributed by atoms with E-state index in [-0.39, 0.29) is 5.91 Å². The van der Waals surface area contributed by atoms with Crippen LogP contribution in [0.3, 0.4) is 0 Å². The summed E-state index contributed by atoms with van der Waals surface area (Å²) in [7, 11) is 0. The molecule has 7 heteroatoms. The molecule has 0 radical (unpaired) electrons. The molecule has 0 aromatic carbocycles. The molecule has 0 aliphatic heterocycles. The van der Waals surface area contributed by atoms with Crippen LogP contribution in [0.1, 0.15) is 26.6 Å². The van der Waals surface area contributed by atoms with Gasteiger partial charge in [0, 0.05) is 11.4 Å². The van der Waals surface area contributed by atoms with Gasteiger partial charge in [-0.25, -0.2) is 0 Å². The van der Waals surface area contributed by atoms with Gasteiger partial charge in [0.25, 0.3) is 5.89 Å². The smallest absolute Gasteiger partial charge is 0.269 e. The lowest BCUT2D eigenvalue weighted by atomic mass is 10.1. The van der Waals surface area contributed by atoms with Crippen LogP contribution in [-0.2, 0) is 10.3 Å². The zero-order valence-electron chi connectivity index (χ0n) is 10.2. The van der Waals surface area contributed by atoms with E-state index in [0.717, 1.165) is 9.35 Å². The summed E-state index contributed by atoms with van der Waals surface area (Å²) >= 11 is 4.93. The number of hydrogen-bond donors (Lipinski definition) is 1. The highest BCUT2D eigenvalue weighted by Crippen LogP contribution is 2.33. The van der Waals surface area contributed by atoms with Gasteiger partial charge in [-0.2, -0.15) is 4.98 Å². The van der Waals surface area contributed by atoms with Gasteiger partial charge in [0.15, 0.2) is 5.82 Å². The zero-order chi connectivity index (χ0) is 13.3. The molecular weight excluding hydrogens is 318 g/mol. The summed E-state index contributed by atoms with van der Waals surface area (Å²) in [5.41, 5.74) is -0.655. The highest BCUT2D eigenvalue weighted by Gasteiger charge is 2.28. The molecular formula is C11H12BrN3O2S. The molecule has 0 spiro atoms. The molecule has 1 amide bonds. The summed E-state index contributed by atoms with van der Waals surface area (Å²) in [4.78, 5) is 16.3. The van der Waals surface area contributed by atoms with Crippen molar-refractivity contribution in [2.75, 3.05) is 0 Å². The highest BCUT2D eigenvalue weighted by molar-refractivity contribution is 9.10. The van der Waals surface area contributed by atoms with Crippen LogP contribution in [0.4, 0.5) is 0 Å². The SMILES string of the molecule is CC(=O)NC(C)(C)c1noc(-c2sccc2Br)n1. The van der Waals surface area contributed by atoms with Crippen molar-refractivity contribution >= 4 is 33.2 Å². The van der Waals surface area contributed by atoms with E-state index in [0.29, 0.717) is 11.7 Å². The number of halogens is 1. The molecule has 96 valence electrons. The van der Waals surface area contributed by atoms with Gasteiger partial charge >= 0.3 is 0 Å². The van der Waals surface area contributed by atoms with E-state index in [1.54, 1.807) is 0 Å². The van der Waals surface area contributed by atoms with Crippen molar-refractivity contribution < 1.29 is 9.32 Å². The third-order valence-corrected chi connectivity index (χ3v) is 4.11. The standard InChI is InChI=1S/C11H12BrN3O2S/c1-6(16)14-11(2,3)10-13-9(17-15-10)8-7(12)4-5-18-8/h4-5H,1-3H3,(H,14,16). The maximum absolute atomic E-state index is 11.1. The average Bonchev–Trinajstić information content (AvgIpc) is 2.83. The second-order valence-corrected chi connectivity index (χ2v) is 6.10. The highest BCUT2D eigenvalue weighted by atomic mass is 79.9. The Morgan fingerprint density at radius 1 is 1.56 bits per heavy atom. The maximum Gasteiger partial charge on any atom is 0.269 e. The predicted molar refractivity (Wildman–Crippen MR) is 72.2 cm³/mol. The molecule has 0 saturated heterocycles. The molecule has 18 heavy (non-hydrogen) atoms. The molecule has 0 atom stereocenters. The first kappa shape index (κ1) is 13.2. The van der Waals surface area contributed by atoms with Gasteiger partial charge in [-0.05, 0) is 41.2 Å². The van der Waals surface area contributed by atoms with Crippen molar-refractivity contribution in [3.05, 3.63) is 21.7 Å². The van der Waals surface area contributed by atoms with E-state index in [9.17, 15) is 4.79 Å². The summed E-state index contributed by atoms with van der Waals surface area (Å²) in [5.74, 6) is 0.766. The summed E-state index contributed by atoms with van der Waals surface area (Å²) in [6, 6.07) is 1.92. The number of amides is 1. The van der Waals surface area contributed by atoms with Crippen LogP contribution in [0.15, 0.2) is 20.4 Å². The molecule has 0 aliphatic carbocycles. The van der Waals surface area contributed by atoms with Crippen molar-refractivity contribution in [1.82, 2.24) is 15.5 Å². The third-order valence-electron chi connectivity index (χ3n) is 2.28. The van der Waals surface area contributed by atoms with E-state index in [4.69, 9.17) is 4.52 Å². The molecule has 0 aliphatic rings. The monoisotopic (exact) mass is 329 g/mol. The van der Waals surface area contributed by atoms with Gasteiger partial charge in [-0.3, -0.25) is 4.79 Å². The van der Waals surface area contributed by atoms with Crippen LogP contribution in [0.5, 0.6) is 0 Å². The normalized spacial score (nSPS) is 11.6. The fourth-order valence-corrected chi connectivity index (χ4v) is 2.97. The topological polar surface area (TPSA) is 68.0 Å². The van der Waals surface area contributed by atoms with Crippen LogP contribution in [0.25, 0.3) is 10.8 Å². The van der Waals surface area contributed by atoms with Gasteiger partial charge in [-0.1, -0.05) is 5.16 Å². The molecule has 2 aromatic heterocycles. The average molecular weight is 330 g/mol. The minimum atomic E-state index is -0.655. The van der Waals surface area contributed by atoms with Crippen LogP contribution in [0.2, 0.25) is 0 Å². The molecule has 2 aromatic rings. The Hall–Kier alpha value is -1.21. The maximum atomic E-state index is 11.1. The molecule has 0 fully saturated rings. The Balaban J connectivity index is 2.31. The Kier molecular flexibility index (Phi) is 3.54. The Morgan fingerprint density at radius 2 is 2.28 bits per heavy atom. The molecule has 0 saturated carbocycles. The Bertz CT molecular complexity index is 576. The fourth-order valence-electron chi connectivity index (χ4n) is 1.51. The van der Waals surface area contributed by atoms with Crippen LogP contribution in [-0.4, -0.2) is 16.0 Å². The van der Waals surface area contributed by atoms with Crippen molar-refractivity contribution in [3.63, 3.8) is 0 Å². The van der Waals surface area contributed by atoms with E-state index >= 15 is 0 Å². The molecule has 0 unspecified atom stereocenters. The minimum absolute atomic E-state index is 0.136. The summed E-state index contributed by atoms with van der Waals surface area (Å²) in [6.07, 6.45) is 0. The van der Waals surface area contributed by atoms with Gasteiger partial charge in [-0.15, -0.1) is 11.3 Å². The summed E-state index contributed by atoms with van der Waals surface area (Å²) < 4.78 is 6.14. The lowest BCUT2D eigenvalue weighted by Crippen LogP contribution is -2.40. The first-order valence-electron chi connectivity index (χ1n) is 5.26. The van der Waals surface area contributed by atoms with Crippen LogP contribution in [0, 0.1) is 0 Å². The molecule has 1 N–H and O–H groups in total.